The number of benzene rings is 2. The number of halogens is 1. The fraction of sp³-hybridized carbons (Fsp3) is 0.208. The van der Waals surface area contributed by atoms with Crippen molar-refractivity contribution in [2.24, 2.45) is 0 Å². The first kappa shape index (κ1) is 18.5. The van der Waals surface area contributed by atoms with Gasteiger partial charge in [-0.15, -0.1) is 0 Å². The van der Waals surface area contributed by atoms with E-state index < -0.39 is 5.41 Å². The Morgan fingerprint density at radius 2 is 1.87 bits per heavy atom. The Morgan fingerprint density at radius 1 is 1.07 bits per heavy atom. The summed E-state index contributed by atoms with van der Waals surface area (Å²) in [7, 11) is 0. The summed E-state index contributed by atoms with van der Waals surface area (Å²) in [6, 6.07) is 15.9. The van der Waals surface area contributed by atoms with Crippen molar-refractivity contribution in [1.82, 2.24) is 14.4 Å². The molecule has 30 heavy (non-hydrogen) atoms. The summed E-state index contributed by atoms with van der Waals surface area (Å²) >= 11 is 0. The number of anilines is 1. The predicted molar refractivity (Wildman–Crippen MR) is 114 cm³/mol. The summed E-state index contributed by atoms with van der Waals surface area (Å²) in [5.41, 5.74) is 2.56. The van der Waals surface area contributed by atoms with E-state index in [0.29, 0.717) is 11.5 Å². The van der Waals surface area contributed by atoms with Crippen LogP contribution >= 0.6 is 0 Å². The number of amides is 1. The van der Waals surface area contributed by atoms with Crippen LogP contribution in [0.2, 0.25) is 0 Å². The molecule has 1 N–H and O–H groups in total. The second-order valence-corrected chi connectivity index (χ2v) is 7.78. The number of rotatable bonds is 4. The lowest BCUT2D eigenvalue weighted by molar-refractivity contribution is -0.121. The van der Waals surface area contributed by atoms with Crippen molar-refractivity contribution >= 4 is 17.4 Å². The average molecular weight is 400 g/mol. The summed E-state index contributed by atoms with van der Waals surface area (Å²) in [6.45, 7) is 0. The highest BCUT2D eigenvalue weighted by Gasteiger charge is 2.42. The van der Waals surface area contributed by atoms with Gasteiger partial charge in [0.25, 0.3) is 0 Å². The Balaban J connectivity index is 1.39. The average Bonchev–Trinajstić information content (AvgIpc) is 3.42. The van der Waals surface area contributed by atoms with Gasteiger partial charge in [0, 0.05) is 29.8 Å². The number of aromatic nitrogens is 3. The minimum atomic E-state index is -0.673. The maximum atomic E-state index is 13.8. The van der Waals surface area contributed by atoms with Crippen molar-refractivity contribution in [2.75, 3.05) is 5.32 Å². The van der Waals surface area contributed by atoms with Gasteiger partial charge in [0.2, 0.25) is 11.7 Å². The molecule has 0 spiro atoms. The molecule has 1 aliphatic carbocycles. The zero-order valence-electron chi connectivity index (χ0n) is 16.4. The van der Waals surface area contributed by atoms with E-state index in [4.69, 9.17) is 0 Å². The molecule has 5 nitrogen and oxygen atoms in total. The summed E-state index contributed by atoms with van der Waals surface area (Å²) < 4.78 is 15.7. The molecule has 0 atom stereocenters. The lowest BCUT2D eigenvalue weighted by Gasteiger charge is -2.28. The molecule has 1 saturated carbocycles. The first-order valence-electron chi connectivity index (χ1n) is 10.1. The van der Waals surface area contributed by atoms with Crippen LogP contribution in [-0.4, -0.2) is 20.3 Å². The molecule has 150 valence electrons. The topological polar surface area (TPSA) is 59.3 Å². The highest BCUT2D eigenvalue weighted by Crippen LogP contribution is 2.42. The van der Waals surface area contributed by atoms with Crippen molar-refractivity contribution in [3.8, 4) is 11.3 Å². The highest BCUT2D eigenvalue weighted by molar-refractivity contribution is 5.99. The van der Waals surface area contributed by atoms with Gasteiger partial charge >= 0.3 is 0 Å². The van der Waals surface area contributed by atoms with Crippen LogP contribution in [-0.2, 0) is 10.2 Å². The second kappa shape index (κ2) is 7.37. The number of imidazole rings is 1. The molecule has 0 saturated heterocycles. The predicted octanol–water partition coefficient (Wildman–Crippen LogP) is 4.99. The smallest absolute Gasteiger partial charge is 0.235 e. The van der Waals surface area contributed by atoms with Crippen LogP contribution in [0.1, 0.15) is 31.2 Å². The van der Waals surface area contributed by atoms with Gasteiger partial charge < -0.3 is 5.32 Å². The van der Waals surface area contributed by atoms with Crippen molar-refractivity contribution in [2.45, 2.75) is 31.1 Å². The van der Waals surface area contributed by atoms with Crippen molar-refractivity contribution in [3.63, 3.8) is 0 Å². The highest BCUT2D eigenvalue weighted by atomic mass is 19.1. The lowest BCUT2D eigenvalue weighted by Crippen LogP contribution is -2.38. The number of hydrogen-bond donors (Lipinski definition) is 1. The van der Waals surface area contributed by atoms with Gasteiger partial charge in [-0.2, -0.15) is 0 Å². The van der Waals surface area contributed by atoms with E-state index >= 15 is 0 Å². The fourth-order valence-corrected chi connectivity index (χ4v) is 4.36. The molecular weight excluding hydrogens is 379 g/mol. The minimum absolute atomic E-state index is 0.0738. The van der Waals surface area contributed by atoms with Gasteiger partial charge in [0.1, 0.15) is 5.82 Å². The third-order valence-electron chi connectivity index (χ3n) is 5.94. The molecule has 2 heterocycles. The van der Waals surface area contributed by atoms with Crippen LogP contribution in [0.15, 0.2) is 73.2 Å². The van der Waals surface area contributed by atoms with E-state index in [2.05, 4.69) is 15.3 Å². The van der Waals surface area contributed by atoms with Crippen molar-refractivity contribution in [1.29, 1.82) is 0 Å². The first-order valence-corrected chi connectivity index (χ1v) is 10.1. The van der Waals surface area contributed by atoms with E-state index in [0.717, 1.165) is 42.5 Å². The number of hydrogen-bond acceptors (Lipinski definition) is 3. The van der Waals surface area contributed by atoms with Crippen LogP contribution in [0.3, 0.4) is 0 Å². The third kappa shape index (κ3) is 3.24. The van der Waals surface area contributed by atoms with E-state index in [1.165, 1.54) is 12.1 Å². The minimum Gasteiger partial charge on any atom is -0.325 e. The molecule has 1 fully saturated rings. The number of fused-ring (bicyclic) bond motifs is 1. The standard InChI is InChI=1S/C24H21FN4O/c25-19-6-3-5-18(15-19)24(11-1-2-12-24)22(30)27-20-9-7-17(8-10-20)21-16-29-14-4-13-26-23(29)28-21/h3-10,13-16H,1-2,11-12H2,(H,27,30). The zero-order chi connectivity index (χ0) is 20.6. The number of nitrogens with one attached hydrogen (secondary N) is 1. The molecule has 0 bridgehead atoms. The summed E-state index contributed by atoms with van der Waals surface area (Å²) in [5, 5.41) is 3.05. The molecule has 1 amide bonds. The molecule has 5 rings (SSSR count). The third-order valence-corrected chi connectivity index (χ3v) is 5.94. The van der Waals surface area contributed by atoms with Gasteiger partial charge in [-0.25, -0.2) is 14.4 Å². The van der Waals surface area contributed by atoms with Crippen LogP contribution in [0.25, 0.3) is 17.0 Å². The van der Waals surface area contributed by atoms with Crippen molar-refractivity contribution in [3.05, 3.63) is 84.6 Å². The monoisotopic (exact) mass is 400 g/mol. The molecule has 4 aromatic rings. The Bertz CT molecular complexity index is 1180. The molecule has 0 aliphatic heterocycles. The molecule has 0 radical (unpaired) electrons. The number of carbonyl (C=O) groups is 1. The summed E-state index contributed by atoms with van der Waals surface area (Å²) in [5.74, 6) is 0.260. The van der Waals surface area contributed by atoms with Crippen LogP contribution < -0.4 is 5.32 Å². The van der Waals surface area contributed by atoms with Gasteiger partial charge in [0.15, 0.2) is 0 Å². The van der Waals surface area contributed by atoms with Crippen molar-refractivity contribution < 1.29 is 9.18 Å². The van der Waals surface area contributed by atoms with Crippen LogP contribution in [0.4, 0.5) is 10.1 Å². The second-order valence-electron chi connectivity index (χ2n) is 7.78. The maximum Gasteiger partial charge on any atom is 0.235 e. The first-order chi connectivity index (χ1) is 14.6. The molecule has 2 aromatic heterocycles. The Hall–Kier alpha value is -3.54. The summed E-state index contributed by atoms with van der Waals surface area (Å²) in [6.07, 6.45) is 8.93. The van der Waals surface area contributed by atoms with E-state index in [-0.39, 0.29) is 11.7 Å². The molecular formula is C24H21FN4O. The molecule has 2 aromatic carbocycles. The zero-order valence-corrected chi connectivity index (χ0v) is 16.4. The fourth-order valence-electron chi connectivity index (χ4n) is 4.36. The Morgan fingerprint density at radius 3 is 2.60 bits per heavy atom. The molecule has 1 aliphatic rings. The number of carbonyl (C=O) groups excluding carboxylic acids is 1. The van der Waals surface area contributed by atoms with Gasteiger partial charge in [0.05, 0.1) is 11.1 Å². The van der Waals surface area contributed by atoms with E-state index in [1.807, 2.05) is 53.2 Å². The normalized spacial score (nSPS) is 15.4. The van der Waals surface area contributed by atoms with Gasteiger partial charge in [-0.05, 0) is 48.7 Å². The lowest BCUT2D eigenvalue weighted by atomic mass is 9.78. The Labute approximate surface area is 173 Å². The van der Waals surface area contributed by atoms with Crippen LogP contribution in [0, 0.1) is 5.82 Å². The quantitative estimate of drug-likeness (QED) is 0.525. The van der Waals surface area contributed by atoms with E-state index in [1.54, 1.807) is 12.3 Å². The number of nitrogens with zero attached hydrogens (tertiary/aromatic N) is 3. The molecule has 0 unspecified atom stereocenters. The maximum absolute atomic E-state index is 13.8. The molecule has 6 heteroatoms. The van der Waals surface area contributed by atoms with E-state index in [9.17, 15) is 9.18 Å². The van der Waals surface area contributed by atoms with Gasteiger partial charge in [-0.1, -0.05) is 37.1 Å². The van der Waals surface area contributed by atoms with Gasteiger partial charge in [-0.3, -0.25) is 9.20 Å². The van der Waals surface area contributed by atoms with Crippen LogP contribution in [0.5, 0.6) is 0 Å². The Kier molecular flexibility index (Phi) is 4.54. The largest absolute Gasteiger partial charge is 0.325 e. The summed E-state index contributed by atoms with van der Waals surface area (Å²) in [4.78, 5) is 22.0. The SMILES string of the molecule is O=C(Nc1ccc(-c2cn3cccnc3n2)cc1)C1(c2cccc(F)c2)CCCC1.